The molecule has 0 nitrogen and oxygen atoms in total. The molecule has 6 rings (SSSR count). The minimum atomic E-state index is 0. The number of benzene rings is 2. The first-order chi connectivity index (χ1) is 20.9. The summed E-state index contributed by atoms with van der Waals surface area (Å²) in [6.07, 6.45) is 39.5. The fraction of sp³-hybridized carbons (Fsp3) is 0.524. The normalized spacial score (nSPS) is 22.7. The summed E-state index contributed by atoms with van der Waals surface area (Å²) < 4.78 is 0. The predicted octanol–water partition coefficient (Wildman–Crippen LogP) is 6.71. The Morgan fingerprint density at radius 3 is 1.00 bits per heavy atom. The topological polar surface area (TPSA) is 0 Å². The fourth-order valence-electron chi connectivity index (χ4n) is 7.47. The molecule has 2 atom stereocenters. The molecule has 2 aromatic carbocycles. The third kappa shape index (κ3) is 12.8. The molecule has 45 heavy (non-hydrogen) atoms. The first-order valence-corrected chi connectivity index (χ1v) is 17.6. The molecule has 0 N–H and O–H groups in total. The molecule has 0 amide bonds. The van der Waals surface area contributed by atoms with Gasteiger partial charge in [0.2, 0.25) is 0 Å². The van der Waals surface area contributed by atoms with Crippen molar-refractivity contribution in [3.05, 3.63) is 118 Å². The van der Waals surface area contributed by atoms with Gasteiger partial charge in [0.25, 0.3) is 0 Å². The van der Waals surface area contributed by atoms with Gasteiger partial charge in [-0.3, -0.25) is 12.2 Å². The number of allylic oxidation sites excluding steroid dienone is 8. The van der Waals surface area contributed by atoms with E-state index in [-0.39, 0.29) is 51.0 Å². The fourth-order valence-corrected chi connectivity index (χ4v) is 7.47. The standard InChI is InChI=1S/2C21H27.2ClH.Zr/c2*1-2-4-6-11-15-20-19(14-8-5-3-1)16-17-21(20)18-12-9-7-10-13-18;;;/h2*7,9-10,12-13,16,21H,1-6,8,11,14-15H2;2*1H;/q2*-1;;;+4/p-2. The van der Waals surface area contributed by atoms with Gasteiger partial charge < -0.3 is 24.8 Å². The van der Waals surface area contributed by atoms with Crippen molar-refractivity contribution in [3.63, 3.8) is 0 Å². The molecule has 0 aliphatic heterocycles. The van der Waals surface area contributed by atoms with Crippen LogP contribution in [-0.4, -0.2) is 0 Å². The zero-order chi connectivity index (χ0) is 28.7. The van der Waals surface area contributed by atoms with Crippen LogP contribution in [-0.2, 0) is 26.2 Å². The van der Waals surface area contributed by atoms with Gasteiger partial charge in [-0.1, -0.05) is 199 Å². The Hall–Kier alpha value is -1.14. The van der Waals surface area contributed by atoms with Crippen molar-refractivity contribution in [1.29, 1.82) is 0 Å². The van der Waals surface area contributed by atoms with E-state index in [0.717, 1.165) is 0 Å². The Morgan fingerprint density at radius 2 is 0.667 bits per heavy atom. The Kier molecular flexibility index (Phi) is 20.7. The van der Waals surface area contributed by atoms with Crippen molar-refractivity contribution < 1.29 is 51.0 Å². The Bertz CT molecular complexity index is 1100. The van der Waals surface area contributed by atoms with Crippen LogP contribution in [0.4, 0.5) is 0 Å². The molecule has 3 heteroatoms. The summed E-state index contributed by atoms with van der Waals surface area (Å²) in [5.74, 6) is 0.869. The molecule has 0 fully saturated rings. The molecule has 0 radical (unpaired) electrons. The third-order valence-electron chi connectivity index (χ3n) is 9.92. The van der Waals surface area contributed by atoms with Crippen LogP contribution in [0, 0.1) is 12.2 Å². The van der Waals surface area contributed by atoms with Gasteiger partial charge in [0.1, 0.15) is 0 Å². The van der Waals surface area contributed by atoms with Crippen molar-refractivity contribution in [2.24, 2.45) is 0 Å². The van der Waals surface area contributed by atoms with Crippen LogP contribution in [0.2, 0.25) is 0 Å². The minimum absolute atomic E-state index is 0. The molecule has 0 bridgehead atoms. The van der Waals surface area contributed by atoms with Gasteiger partial charge in [-0.2, -0.15) is 22.3 Å². The van der Waals surface area contributed by atoms with Crippen LogP contribution in [0.15, 0.2) is 95.1 Å². The quantitative estimate of drug-likeness (QED) is 0.303. The van der Waals surface area contributed by atoms with E-state index in [1.807, 2.05) is 0 Å². The largest absolute Gasteiger partial charge is 4.00 e. The van der Waals surface area contributed by atoms with E-state index in [0.29, 0.717) is 11.8 Å². The molecule has 4 aliphatic carbocycles. The molecule has 0 heterocycles. The zero-order valence-electron chi connectivity index (χ0n) is 27.5. The molecule has 0 aromatic heterocycles. The number of hydrogen-bond acceptors (Lipinski definition) is 0. The van der Waals surface area contributed by atoms with Crippen LogP contribution < -0.4 is 24.8 Å². The summed E-state index contributed by atoms with van der Waals surface area (Å²) in [6, 6.07) is 21.9. The van der Waals surface area contributed by atoms with Crippen LogP contribution in [0.1, 0.15) is 151 Å². The third-order valence-corrected chi connectivity index (χ3v) is 9.92. The van der Waals surface area contributed by atoms with Gasteiger partial charge in [-0.15, -0.1) is 0 Å². The number of hydrogen-bond donors (Lipinski definition) is 0. The van der Waals surface area contributed by atoms with Crippen molar-refractivity contribution in [3.8, 4) is 0 Å². The second-order valence-electron chi connectivity index (χ2n) is 13.1. The van der Waals surface area contributed by atoms with Gasteiger partial charge in [0.15, 0.2) is 0 Å². The summed E-state index contributed by atoms with van der Waals surface area (Å²) >= 11 is 0. The molecule has 2 aromatic rings. The van der Waals surface area contributed by atoms with Gasteiger partial charge >= 0.3 is 26.2 Å². The molecular weight excluding hydrogens is 667 g/mol. The Morgan fingerprint density at radius 1 is 0.378 bits per heavy atom. The maximum atomic E-state index is 3.64. The molecule has 0 saturated heterocycles. The smallest absolute Gasteiger partial charge is 1.00 e. The van der Waals surface area contributed by atoms with Crippen molar-refractivity contribution in [1.82, 2.24) is 0 Å². The molecule has 0 saturated carbocycles. The molecule has 0 spiro atoms. The van der Waals surface area contributed by atoms with Gasteiger partial charge in [-0.05, 0) is 12.8 Å². The summed E-state index contributed by atoms with van der Waals surface area (Å²) in [4.78, 5) is 0. The first-order valence-electron chi connectivity index (χ1n) is 17.6. The SMILES string of the molecule is [C-]1=CC2=C(CCCCCCCCCC2)C1c1ccccc1.[C-]1=CC2=C(CCCCCCCCCC2)C1c1ccccc1.[Cl-].[Cl-].[Zr+4]. The average molecular weight is 721 g/mol. The van der Waals surface area contributed by atoms with E-state index in [9.17, 15) is 0 Å². The minimum Gasteiger partial charge on any atom is -1.00 e. The zero-order valence-corrected chi connectivity index (χ0v) is 31.5. The van der Waals surface area contributed by atoms with Gasteiger partial charge in [0, 0.05) is 0 Å². The molecule has 2 unspecified atom stereocenters. The van der Waals surface area contributed by atoms with E-state index in [2.05, 4.69) is 85.0 Å². The van der Waals surface area contributed by atoms with E-state index >= 15 is 0 Å². The predicted molar refractivity (Wildman–Crippen MR) is 180 cm³/mol. The van der Waals surface area contributed by atoms with E-state index in [1.54, 1.807) is 22.3 Å². The average Bonchev–Trinajstić information content (AvgIpc) is 3.62. The Labute approximate surface area is 307 Å². The molecular formula is C42H54Cl2Zr. The van der Waals surface area contributed by atoms with Gasteiger partial charge in [0.05, 0.1) is 0 Å². The van der Waals surface area contributed by atoms with E-state index in [4.69, 9.17) is 0 Å². The van der Waals surface area contributed by atoms with Crippen LogP contribution in [0.5, 0.6) is 0 Å². The van der Waals surface area contributed by atoms with Crippen molar-refractivity contribution >= 4 is 0 Å². The first kappa shape index (κ1) is 40.0. The second-order valence-corrected chi connectivity index (χ2v) is 13.1. The monoisotopic (exact) mass is 718 g/mol. The number of rotatable bonds is 2. The molecule has 4 aliphatic rings. The van der Waals surface area contributed by atoms with E-state index in [1.165, 1.54) is 140 Å². The maximum Gasteiger partial charge on any atom is 4.00 e. The Balaban J connectivity index is 0.000000294. The summed E-state index contributed by atoms with van der Waals surface area (Å²) in [5.41, 5.74) is 9.38. The van der Waals surface area contributed by atoms with Gasteiger partial charge in [-0.25, -0.2) is 12.2 Å². The van der Waals surface area contributed by atoms with E-state index < -0.39 is 0 Å². The summed E-state index contributed by atoms with van der Waals surface area (Å²) in [7, 11) is 0. The van der Waals surface area contributed by atoms with Crippen molar-refractivity contribution in [2.75, 3.05) is 0 Å². The van der Waals surface area contributed by atoms with Crippen molar-refractivity contribution in [2.45, 2.75) is 140 Å². The maximum absolute atomic E-state index is 3.64. The van der Waals surface area contributed by atoms with Crippen LogP contribution in [0.3, 0.4) is 0 Å². The summed E-state index contributed by atoms with van der Waals surface area (Å²) in [5, 5.41) is 0. The second kappa shape index (κ2) is 23.2. The summed E-state index contributed by atoms with van der Waals surface area (Å²) in [6.45, 7) is 0. The molecule has 240 valence electrons. The van der Waals surface area contributed by atoms with Crippen LogP contribution in [0.25, 0.3) is 0 Å². The number of halogens is 2. The van der Waals surface area contributed by atoms with Crippen LogP contribution >= 0.6 is 0 Å².